The van der Waals surface area contributed by atoms with Crippen molar-refractivity contribution < 1.29 is 0 Å². The van der Waals surface area contributed by atoms with Gasteiger partial charge in [0.25, 0.3) is 5.56 Å². The maximum Gasteiger partial charge on any atom is 0.255 e. The van der Waals surface area contributed by atoms with Gasteiger partial charge in [0, 0.05) is 55.1 Å². The molecule has 7 heteroatoms. The summed E-state index contributed by atoms with van der Waals surface area (Å²) in [6, 6.07) is 11.4. The van der Waals surface area contributed by atoms with E-state index in [2.05, 4.69) is 25.9 Å². The average Bonchev–Trinajstić information content (AvgIpc) is 3.12. The first-order valence-corrected chi connectivity index (χ1v) is 9.29. The van der Waals surface area contributed by atoms with E-state index >= 15 is 0 Å². The number of rotatable bonds is 3. The molecule has 28 heavy (non-hydrogen) atoms. The average molecular weight is 372 g/mol. The van der Waals surface area contributed by atoms with E-state index in [9.17, 15) is 4.79 Å². The number of H-pyrrole nitrogens is 2. The van der Waals surface area contributed by atoms with Crippen LogP contribution in [0.4, 0.5) is 5.69 Å². The first kappa shape index (κ1) is 16.7. The van der Waals surface area contributed by atoms with Crippen LogP contribution in [0.25, 0.3) is 22.4 Å². The molecule has 0 radical (unpaired) electrons. The van der Waals surface area contributed by atoms with Crippen molar-refractivity contribution in [2.45, 2.75) is 19.5 Å². The van der Waals surface area contributed by atoms with Gasteiger partial charge in [0.1, 0.15) is 11.5 Å². The zero-order valence-electron chi connectivity index (χ0n) is 15.3. The lowest BCUT2D eigenvalue weighted by atomic mass is 10.1. The lowest BCUT2D eigenvalue weighted by Crippen LogP contribution is -2.35. The van der Waals surface area contributed by atoms with E-state index in [0.29, 0.717) is 18.1 Å². The molecule has 0 spiro atoms. The molecule has 0 amide bonds. The van der Waals surface area contributed by atoms with Crippen molar-refractivity contribution in [3.05, 3.63) is 76.0 Å². The largest absolute Gasteiger partial charge is 0.399 e. The Kier molecular flexibility index (Phi) is 3.95. The molecule has 7 nitrogen and oxygen atoms in total. The van der Waals surface area contributed by atoms with E-state index in [1.54, 1.807) is 6.20 Å². The SMILES string of the molecule is Nc1ccc(-c2nc3c(c(=O)[nH]2)CN(Cc2c[nH]c4ncccc24)CC3)cc1. The number of benzene rings is 1. The van der Waals surface area contributed by atoms with Crippen LogP contribution in [0.15, 0.2) is 53.6 Å². The van der Waals surface area contributed by atoms with Crippen LogP contribution in [0.2, 0.25) is 0 Å². The van der Waals surface area contributed by atoms with Crippen molar-refractivity contribution in [3.63, 3.8) is 0 Å². The summed E-state index contributed by atoms with van der Waals surface area (Å²) in [5.41, 5.74) is 10.9. The predicted molar refractivity (Wildman–Crippen MR) is 109 cm³/mol. The summed E-state index contributed by atoms with van der Waals surface area (Å²) in [4.78, 5) is 30.2. The predicted octanol–water partition coefficient (Wildman–Crippen LogP) is 2.45. The van der Waals surface area contributed by atoms with Gasteiger partial charge in [-0.2, -0.15) is 0 Å². The summed E-state index contributed by atoms with van der Waals surface area (Å²) in [5.74, 6) is 0.597. The van der Waals surface area contributed by atoms with Gasteiger partial charge in [-0.25, -0.2) is 9.97 Å². The highest BCUT2D eigenvalue weighted by atomic mass is 16.1. The minimum atomic E-state index is -0.0675. The van der Waals surface area contributed by atoms with E-state index < -0.39 is 0 Å². The molecule has 1 aliphatic rings. The number of pyridine rings is 1. The maximum absolute atomic E-state index is 12.7. The second-order valence-electron chi connectivity index (χ2n) is 7.14. The van der Waals surface area contributed by atoms with Gasteiger partial charge in [-0.05, 0) is 42.0 Å². The molecule has 3 aromatic heterocycles. The third kappa shape index (κ3) is 2.95. The van der Waals surface area contributed by atoms with Crippen molar-refractivity contribution in [1.29, 1.82) is 0 Å². The Morgan fingerprint density at radius 1 is 1.18 bits per heavy atom. The van der Waals surface area contributed by atoms with Gasteiger partial charge in [0.15, 0.2) is 0 Å². The number of nitrogen functional groups attached to an aromatic ring is 1. The van der Waals surface area contributed by atoms with Gasteiger partial charge in [-0.1, -0.05) is 0 Å². The quantitative estimate of drug-likeness (QED) is 0.479. The Hall–Kier alpha value is -3.45. The van der Waals surface area contributed by atoms with Crippen LogP contribution in [0.3, 0.4) is 0 Å². The van der Waals surface area contributed by atoms with E-state index in [1.807, 2.05) is 36.5 Å². The topological polar surface area (TPSA) is 104 Å². The number of nitrogens with two attached hydrogens (primary N) is 1. The van der Waals surface area contributed by atoms with Crippen molar-refractivity contribution in [2.24, 2.45) is 0 Å². The number of anilines is 1. The van der Waals surface area contributed by atoms with Crippen LogP contribution in [0.1, 0.15) is 16.8 Å². The molecule has 0 saturated heterocycles. The van der Waals surface area contributed by atoms with Crippen LogP contribution in [0.5, 0.6) is 0 Å². The minimum Gasteiger partial charge on any atom is -0.399 e. The second kappa shape index (κ2) is 6.61. The van der Waals surface area contributed by atoms with Crippen LogP contribution >= 0.6 is 0 Å². The molecule has 4 aromatic rings. The minimum absolute atomic E-state index is 0.0675. The molecule has 5 rings (SSSR count). The fraction of sp³-hybridized carbons (Fsp3) is 0.190. The zero-order chi connectivity index (χ0) is 19.1. The van der Waals surface area contributed by atoms with Crippen LogP contribution in [-0.4, -0.2) is 31.4 Å². The lowest BCUT2D eigenvalue weighted by molar-refractivity contribution is 0.242. The van der Waals surface area contributed by atoms with Gasteiger partial charge >= 0.3 is 0 Å². The molecular weight excluding hydrogens is 352 g/mol. The van der Waals surface area contributed by atoms with Gasteiger partial charge in [0.05, 0.1) is 11.3 Å². The summed E-state index contributed by atoms with van der Waals surface area (Å²) in [7, 11) is 0. The molecule has 140 valence electrons. The van der Waals surface area contributed by atoms with Gasteiger partial charge in [-0.15, -0.1) is 0 Å². The molecular formula is C21H20N6O. The van der Waals surface area contributed by atoms with Crippen molar-refractivity contribution in [3.8, 4) is 11.4 Å². The Labute approximate surface area is 161 Å². The monoisotopic (exact) mass is 372 g/mol. The molecule has 1 aromatic carbocycles. The lowest BCUT2D eigenvalue weighted by Gasteiger charge is -2.27. The molecule has 0 saturated carbocycles. The third-order valence-electron chi connectivity index (χ3n) is 5.26. The number of aromatic amines is 2. The number of hydrogen-bond acceptors (Lipinski definition) is 5. The van der Waals surface area contributed by atoms with Crippen molar-refractivity contribution in [2.75, 3.05) is 12.3 Å². The van der Waals surface area contributed by atoms with Crippen molar-refractivity contribution >= 4 is 16.7 Å². The van der Waals surface area contributed by atoms with Gasteiger partial charge < -0.3 is 15.7 Å². The molecule has 4 heterocycles. The number of hydrogen-bond donors (Lipinski definition) is 3. The Balaban J connectivity index is 1.41. The van der Waals surface area contributed by atoms with Crippen LogP contribution < -0.4 is 11.3 Å². The standard InChI is InChI=1S/C21H20N6O/c22-15-5-3-13(4-6-15)19-25-18-7-9-27(12-17(18)21(28)26-19)11-14-10-24-20-16(14)2-1-8-23-20/h1-6,8,10H,7,9,11-12,22H2,(H,23,24)(H,25,26,28). The van der Waals surface area contributed by atoms with Crippen LogP contribution in [-0.2, 0) is 19.5 Å². The highest BCUT2D eigenvalue weighted by Gasteiger charge is 2.22. The maximum atomic E-state index is 12.7. The molecule has 1 aliphatic heterocycles. The smallest absolute Gasteiger partial charge is 0.255 e. The van der Waals surface area contributed by atoms with E-state index in [4.69, 9.17) is 10.7 Å². The normalized spacial score (nSPS) is 14.3. The fourth-order valence-corrected chi connectivity index (χ4v) is 3.78. The summed E-state index contributed by atoms with van der Waals surface area (Å²) >= 11 is 0. The first-order chi connectivity index (χ1) is 13.7. The second-order valence-corrected chi connectivity index (χ2v) is 7.14. The summed E-state index contributed by atoms with van der Waals surface area (Å²) < 4.78 is 0. The Morgan fingerprint density at radius 3 is 2.89 bits per heavy atom. The summed E-state index contributed by atoms with van der Waals surface area (Å²) in [5, 5.41) is 1.12. The third-order valence-corrected chi connectivity index (χ3v) is 5.26. The molecule has 4 N–H and O–H groups in total. The molecule has 0 bridgehead atoms. The Bertz CT molecular complexity index is 1210. The number of nitrogens with zero attached hydrogens (tertiary/aromatic N) is 3. The first-order valence-electron chi connectivity index (χ1n) is 9.29. The van der Waals surface area contributed by atoms with Gasteiger partial charge in [0.2, 0.25) is 0 Å². The highest BCUT2D eigenvalue weighted by Crippen LogP contribution is 2.23. The van der Waals surface area contributed by atoms with E-state index in [1.165, 1.54) is 5.56 Å². The number of aromatic nitrogens is 4. The number of nitrogens with one attached hydrogen (secondary N) is 2. The van der Waals surface area contributed by atoms with Crippen molar-refractivity contribution in [1.82, 2.24) is 24.8 Å². The molecule has 0 fully saturated rings. The number of fused-ring (bicyclic) bond motifs is 2. The summed E-state index contributed by atoms with van der Waals surface area (Å²) in [6.45, 7) is 2.22. The fourth-order valence-electron chi connectivity index (χ4n) is 3.78. The van der Waals surface area contributed by atoms with Gasteiger partial charge in [-0.3, -0.25) is 9.69 Å². The van der Waals surface area contributed by atoms with E-state index in [0.717, 1.165) is 47.4 Å². The van der Waals surface area contributed by atoms with E-state index in [-0.39, 0.29) is 5.56 Å². The zero-order valence-corrected chi connectivity index (χ0v) is 15.3. The Morgan fingerprint density at radius 2 is 2.04 bits per heavy atom. The molecule has 0 aliphatic carbocycles. The molecule has 0 atom stereocenters. The highest BCUT2D eigenvalue weighted by molar-refractivity contribution is 5.79. The van der Waals surface area contributed by atoms with Crippen LogP contribution in [0, 0.1) is 0 Å². The summed E-state index contributed by atoms with van der Waals surface area (Å²) in [6.07, 6.45) is 4.53. The molecule has 0 unspecified atom stereocenters.